The third-order valence-electron chi connectivity index (χ3n) is 1.46. The lowest BCUT2D eigenvalue weighted by Gasteiger charge is -1.91. The average Bonchev–Trinajstić information content (AvgIpc) is 2.19. The Balaban J connectivity index is 2.84. The summed E-state index contributed by atoms with van der Waals surface area (Å²) in [6.45, 7) is 0. The van der Waals surface area contributed by atoms with Gasteiger partial charge in [-0.3, -0.25) is 0 Å². The second-order valence-corrected chi connectivity index (χ2v) is 3.27. The van der Waals surface area contributed by atoms with Crippen LogP contribution >= 0.6 is 15.9 Å². The minimum Gasteiger partial charge on any atom is -0.0970 e. The number of hydrogen-bond donors (Lipinski definition) is 0. The highest BCUT2D eigenvalue weighted by Crippen LogP contribution is 2.13. The molecule has 0 atom stereocenters. The molecule has 0 aliphatic rings. The first-order chi connectivity index (χ1) is 6.86. The lowest BCUT2D eigenvalue weighted by molar-refractivity contribution is 1.32. The molecular weight excluding hydrogens is 242 g/mol. The highest BCUT2D eigenvalue weighted by atomic mass is 79.9. The van der Waals surface area contributed by atoms with Gasteiger partial charge in [0, 0.05) is 27.9 Å². The molecule has 1 aromatic rings. The maximum Gasteiger partial charge on any atom is 0.0387 e. The number of halogens is 1. The standard InChI is InChI=1S/C10H8BrN3/c11-7-2-1-4-9-5-3-6-10(8-9)13-14-12/h3,5-6,8H,2,7H2. The summed E-state index contributed by atoms with van der Waals surface area (Å²) in [7, 11) is 0. The van der Waals surface area contributed by atoms with E-state index in [1.165, 1.54) is 0 Å². The maximum atomic E-state index is 8.24. The van der Waals surface area contributed by atoms with E-state index in [2.05, 4.69) is 37.8 Å². The highest BCUT2D eigenvalue weighted by molar-refractivity contribution is 9.09. The SMILES string of the molecule is [N-]=[N+]=Nc1cccc(C#CCCBr)c1. The quantitative estimate of drug-likeness (QED) is 0.252. The summed E-state index contributed by atoms with van der Waals surface area (Å²) in [5.74, 6) is 5.97. The van der Waals surface area contributed by atoms with Gasteiger partial charge in [-0.05, 0) is 17.7 Å². The van der Waals surface area contributed by atoms with Crippen LogP contribution in [0, 0.1) is 11.8 Å². The van der Waals surface area contributed by atoms with Crippen molar-refractivity contribution in [1.82, 2.24) is 0 Å². The van der Waals surface area contributed by atoms with Gasteiger partial charge in [0.05, 0.1) is 0 Å². The van der Waals surface area contributed by atoms with Gasteiger partial charge >= 0.3 is 0 Å². The van der Waals surface area contributed by atoms with Gasteiger partial charge in [0.1, 0.15) is 0 Å². The Bertz CT molecular complexity index is 411. The van der Waals surface area contributed by atoms with Gasteiger partial charge in [-0.1, -0.05) is 45.0 Å². The number of benzene rings is 1. The van der Waals surface area contributed by atoms with E-state index in [1.54, 1.807) is 12.1 Å². The van der Waals surface area contributed by atoms with Crippen LogP contribution < -0.4 is 0 Å². The van der Waals surface area contributed by atoms with E-state index >= 15 is 0 Å². The zero-order valence-corrected chi connectivity index (χ0v) is 9.03. The van der Waals surface area contributed by atoms with Crippen LogP contribution in [0.2, 0.25) is 0 Å². The number of nitrogens with zero attached hydrogens (tertiary/aromatic N) is 3. The first-order valence-corrected chi connectivity index (χ1v) is 5.19. The number of azide groups is 1. The van der Waals surface area contributed by atoms with Crippen molar-refractivity contribution in [1.29, 1.82) is 0 Å². The lowest BCUT2D eigenvalue weighted by Crippen LogP contribution is -1.73. The summed E-state index contributed by atoms with van der Waals surface area (Å²) >= 11 is 3.29. The highest BCUT2D eigenvalue weighted by Gasteiger charge is 1.89. The van der Waals surface area contributed by atoms with Crippen LogP contribution in [0.1, 0.15) is 12.0 Å². The fourth-order valence-corrected chi connectivity index (χ4v) is 1.11. The summed E-state index contributed by atoms with van der Waals surface area (Å²) in [5.41, 5.74) is 9.71. The number of alkyl halides is 1. The molecule has 0 N–H and O–H groups in total. The molecule has 1 aromatic carbocycles. The molecule has 0 spiro atoms. The van der Waals surface area contributed by atoms with Crippen molar-refractivity contribution in [3.8, 4) is 11.8 Å². The Kier molecular flexibility index (Phi) is 4.63. The minimum absolute atomic E-state index is 0.596. The van der Waals surface area contributed by atoms with Gasteiger partial charge in [0.25, 0.3) is 0 Å². The molecule has 0 heterocycles. The summed E-state index contributed by atoms with van der Waals surface area (Å²) in [4.78, 5) is 2.71. The summed E-state index contributed by atoms with van der Waals surface area (Å²) in [5, 5.41) is 4.37. The van der Waals surface area contributed by atoms with Crippen molar-refractivity contribution in [3.05, 3.63) is 40.3 Å². The van der Waals surface area contributed by atoms with Crippen molar-refractivity contribution in [2.75, 3.05) is 5.33 Å². The van der Waals surface area contributed by atoms with Crippen molar-refractivity contribution in [3.63, 3.8) is 0 Å². The zero-order chi connectivity index (χ0) is 10.2. The van der Waals surface area contributed by atoms with Gasteiger partial charge in [0.15, 0.2) is 0 Å². The van der Waals surface area contributed by atoms with Crippen LogP contribution in [-0.2, 0) is 0 Å². The van der Waals surface area contributed by atoms with Gasteiger partial charge in [-0.25, -0.2) is 0 Å². The molecule has 0 saturated heterocycles. The van der Waals surface area contributed by atoms with Crippen LogP contribution in [0.4, 0.5) is 5.69 Å². The van der Waals surface area contributed by atoms with Gasteiger partial charge < -0.3 is 0 Å². The monoisotopic (exact) mass is 249 g/mol. The van der Waals surface area contributed by atoms with E-state index in [9.17, 15) is 0 Å². The molecule has 0 aliphatic heterocycles. The Hall–Kier alpha value is -1.43. The molecule has 0 aliphatic carbocycles. The molecule has 0 aromatic heterocycles. The molecule has 3 nitrogen and oxygen atoms in total. The molecule has 4 heteroatoms. The zero-order valence-electron chi connectivity index (χ0n) is 7.44. The number of rotatable bonds is 2. The van der Waals surface area contributed by atoms with E-state index in [-0.39, 0.29) is 0 Å². The molecule has 0 bridgehead atoms. The smallest absolute Gasteiger partial charge is 0.0387 e. The Morgan fingerprint density at radius 3 is 3.07 bits per heavy atom. The normalized spacial score (nSPS) is 8.36. The fraction of sp³-hybridized carbons (Fsp3) is 0.200. The van der Waals surface area contributed by atoms with Crippen LogP contribution in [0.15, 0.2) is 29.4 Å². The summed E-state index contributed by atoms with van der Waals surface area (Å²) < 4.78 is 0. The predicted molar refractivity (Wildman–Crippen MR) is 60.5 cm³/mol. The second-order valence-electron chi connectivity index (χ2n) is 2.48. The molecule has 0 radical (unpaired) electrons. The van der Waals surface area contributed by atoms with E-state index in [0.717, 1.165) is 17.3 Å². The van der Waals surface area contributed by atoms with E-state index in [1.807, 2.05) is 12.1 Å². The average molecular weight is 250 g/mol. The third-order valence-corrected chi connectivity index (χ3v) is 1.86. The van der Waals surface area contributed by atoms with Gasteiger partial charge in [-0.15, -0.1) is 0 Å². The van der Waals surface area contributed by atoms with E-state index in [0.29, 0.717) is 5.69 Å². The lowest BCUT2D eigenvalue weighted by atomic mass is 10.2. The summed E-state index contributed by atoms with van der Waals surface area (Å²) in [6.07, 6.45) is 0.811. The molecule has 0 saturated carbocycles. The largest absolute Gasteiger partial charge is 0.0970 e. The fourth-order valence-electron chi connectivity index (χ4n) is 0.909. The Morgan fingerprint density at radius 2 is 2.36 bits per heavy atom. The molecule has 0 amide bonds. The molecule has 1 rings (SSSR count). The first-order valence-electron chi connectivity index (χ1n) is 4.07. The predicted octanol–water partition coefficient (Wildman–Crippen LogP) is 3.76. The van der Waals surface area contributed by atoms with Crippen molar-refractivity contribution in [2.45, 2.75) is 6.42 Å². The first kappa shape index (κ1) is 10.6. The van der Waals surface area contributed by atoms with Gasteiger partial charge in [-0.2, -0.15) is 0 Å². The molecule has 14 heavy (non-hydrogen) atoms. The summed E-state index contributed by atoms with van der Waals surface area (Å²) in [6, 6.07) is 7.22. The number of hydrogen-bond acceptors (Lipinski definition) is 1. The van der Waals surface area contributed by atoms with Crippen molar-refractivity contribution in [2.24, 2.45) is 5.11 Å². The van der Waals surface area contributed by atoms with Crippen molar-refractivity contribution < 1.29 is 0 Å². The van der Waals surface area contributed by atoms with Crippen LogP contribution in [-0.4, -0.2) is 5.33 Å². The van der Waals surface area contributed by atoms with Crippen LogP contribution in [0.5, 0.6) is 0 Å². The van der Waals surface area contributed by atoms with Gasteiger partial charge in [0.2, 0.25) is 0 Å². The Labute approximate surface area is 90.9 Å². The minimum atomic E-state index is 0.596. The van der Waals surface area contributed by atoms with E-state index in [4.69, 9.17) is 5.53 Å². The van der Waals surface area contributed by atoms with E-state index < -0.39 is 0 Å². The second kappa shape index (κ2) is 6.09. The Morgan fingerprint density at radius 1 is 1.50 bits per heavy atom. The molecule has 0 unspecified atom stereocenters. The maximum absolute atomic E-state index is 8.24. The molecule has 0 fully saturated rings. The molecular formula is C10H8BrN3. The van der Waals surface area contributed by atoms with Crippen LogP contribution in [0.3, 0.4) is 0 Å². The van der Waals surface area contributed by atoms with Crippen LogP contribution in [0.25, 0.3) is 10.4 Å². The third kappa shape index (κ3) is 3.53. The topological polar surface area (TPSA) is 48.8 Å². The van der Waals surface area contributed by atoms with Crippen molar-refractivity contribution >= 4 is 21.6 Å². The molecule has 70 valence electrons.